The second kappa shape index (κ2) is 15.8. The molecule has 0 radical (unpaired) electrons. The summed E-state index contributed by atoms with van der Waals surface area (Å²) in [6.07, 6.45) is 1.40. The number of fused-ring (bicyclic) bond motifs is 3. The van der Waals surface area contributed by atoms with E-state index in [1.54, 1.807) is 13.0 Å². The molecule has 17 heteroatoms. The quantitative estimate of drug-likeness (QED) is 0.202. The summed E-state index contributed by atoms with van der Waals surface area (Å²) in [6, 6.07) is 5.02. The number of hydrogen-bond acceptors (Lipinski definition) is 9. The number of methoxy groups -OCH3 is 1. The molecule has 10 nitrogen and oxygen atoms in total. The van der Waals surface area contributed by atoms with E-state index in [4.69, 9.17) is 10.5 Å². The van der Waals surface area contributed by atoms with Gasteiger partial charge < -0.3 is 25.6 Å². The van der Waals surface area contributed by atoms with Crippen molar-refractivity contribution in [1.29, 1.82) is 5.26 Å². The number of nitrogens with two attached hydrogens (primary N) is 1. The number of nitrogen functional groups attached to an aromatic ring is 1. The minimum Gasteiger partial charge on any atom is -0.467 e. The number of likely N-dealkylation sites (tertiary alicyclic amines) is 2. The van der Waals surface area contributed by atoms with Crippen molar-refractivity contribution >= 4 is 49.2 Å². The van der Waals surface area contributed by atoms with E-state index < -0.39 is 40.6 Å². The van der Waals surface area contributed by atoms with Crippen LogP contribution in [0, 0.1) is 23.0 Å². The van der Waals surface area contributed by atoms with Gasteiger partial charge in [-0.05, 0) is 69.7 Å². The number of amides is 2. The Morgan fingerprint density at radius 1 is 1.09 bits per heavy atom. The van der Waals surface area contributed by atoms with Crippen molar-refractivity contribution in [1.82, 2.24) is 24.7 Å². The average molecular weight is 763 g/mol. The van der Waals surface area contributed by atoms with E-state index in [2.05, 4.69) is 20.2 Å². The summed E-state index contributed by atoms with van der Waals surface area (Å²) in [4.78, 5) is 25.6. The molecule has 8 rings (SSSR count). The number of nitriles is 1. The number of carbonyl (C=O) groups excluding carboxylic acids is 1. The number of hydrogen-bond donors (Lipinski definition) is 2. The van der Waals surface area contributed by atoms with E-state index in [0.29, 0.717) is 23.9 Å². The highest BCUT2D eigenvalue weighted by Gasteiger charge is 2.38. The summed E-state index contributed by atoms with van der Waals surface area (Å²) in [6.45, 7) is 7.76. The van der Waals surface area contributed by atoms with Gasteiger partial charge in [-0.15, -0.1) is 11.3 Å². The number of benzene rings is 2. The molecule has 0 spiro atoms. The van der Waals surface area contributed by atoms with Gasteiger partial charge in [-0.25, -0.2) is 18.0 Å². The third kappa shape index (κ3) is 7.75. The second-order valence-corrected chi connectivity index (χ2v) is 14.3. The Balaban J connectivity index is 0.000000192. The molecule has 4 aromatic rings. The van der Waals surface area contributed by atoms with E-state index in [0.717, 1.165) is 57.3 Å². The first-order chi connectivity index (χ1) is 25.4. The van der Waals surface area contributed by atoms with Gasteiger partial charge in [-0.2, -0.15) is 28.4 Å². The van der Waals surface area contributed by atoms with Crippen LogP contribution in [0.4, 0.5) is 42.0 Å². The Labute approximate surface area is 306 Å². The summed E-state index contributed by atoms with van der Waals surface area (Å²) in [5.74, 6) is -2.15. The van der Waals surface area contributed by atoms with Gasteiger partial charge >= 0.3 is 18.2 Å². The molecule has 4 fully saturated rings. The van der Waals surface area contributed by atoms with Crippen LogP contribution in [0.5, 0.6) is 6.01 Å². The standard InChI is InChI=1S/C21H14F5N5OS.C8H14N2O.C7H12FN/c1-3-29-19-9-6-11(21(24,25)26)14(15(23)16(9)30-20(31-19)32-2)8-4-5-12(22)17-13(8)10(7-27)18(28)33-17;11-8(10-6-3-7-10)9-4-1-2-5-9;8-6-4-7-2-1-3-9(7)5-6/h4-6H,3,28H2,1-2H3,(H,29,30,31);1-7H2;6-7H,1-5H2. The van der Waals surface area contributed by atoms with Gasteiger partial charge in [0.1, 0.15) is 34.4 Å². The SMILES string of the molecule is CCNc1nc(OC)nc2c(F)c(-c3ccc(F)c4sc(N)c(C#N)c34)c(C(F)(F)F)cc12.FC1CC2CCCN2C1.O=C(N1CCCC1)N1CCC1. The molecule has 4 aliphatic heterocycles. The minimum atomic E-state index is -5.00. The van der Waals surface area contributed by atoms with E-state index >= 15 is 4.39 Å². The zero-order valence-electron chi connectivity index (χ0n) is 29.3. The number of thiophene rings is 1. The Morgan fingerprint density at radius 3 is 2.38 bits per heavy atom. The molecular weight excluding hydrogens is 723 g/mol. The minimum absolute atomic E-state index is 0.0444. The first-order valence-corrected chi connectivity index (χ1v) is 18.4. The molecule has 0 bridgehead atoms. The lowest BCUT2D eigenvalue weighted by molar-refractivity contribution is -0.137. The predicted molar refractivity (Wildman–Crippen MR) is 192 cm³/mol. The molecule has 6 heterocycles. The van der Waals surface area contributed by atoms with Crippen LogP contribution in [-0.4, -0.2) is 95.8 Å². The highest BCUT2D eigenvalue weighted by atomic mass is 32.1. The molecule has 3 N–H and O–H groups in total. The summed E-state index contributed by atoms with van der Waals surface area (Å²) >= 11 is 0.698. The number of nitrogens with zero attached hydrogens (tertiary/aromatic N) is 6. The van der Waals surface area contributed by atoms with Crippen molar-refractivity contribution in [3.63, 3.8) is 0 Å². The van der Waals surface area contributed by atoms with Crippen LogP contribution in [0.25, 0.3) is 32.1 Å². The van der Waals surface area contributed by atoms with Crippen molar-refractivity contribution in [2.45, 2.75) is 63.8 Å². The largest absolute Gasteiger partial charge is 0.467 e. The fourth-order valence-corrected chi connectivity index (χ4v) is 8.19. The highest BCUT2D eigenvalue weighted by molar-refractivity contribution is 7.23. The Bertz CT molecular complexity index is 2010. The van der Waals surface area contributed by atoms with Gasteiger partial charge in [-0.3, -0.25) is 4.90 Å². The number of ether oxygens (including phenoxy) is 1. The molecule has 4 aliphatic rings. The van der Waals surface area contributed by atoms with Crippen LogP contribution < -0.4 is 15.8 Å². The molecule has 284 valence electrons. The molecular formula is C36H40F6N8O2S. The van der Waals surface area contributed by atoms with Crippen molar-refractivity contribution < 1.29 is 35.9 Å². The van der Waals surface area contributed by atoms with Crippen LogP contribution in [0.1, 0.15) is 56.6 Å². The van der Waals surface area contributed by atoms with Crippen molar-refractivity contribution in [2.75, 3.05) is 64.0 Å². The zero-order chi connectivity index (χ0) is 38.0. The molecule has 2 aromatic carbocycles. The molecule has 2 aromatic heterocycles. The molecule has 2 amide bonds. The van der Waals surface area contributed by atoms with Crippen LogP contribution >= 0.6 is 11.3 Å². The fourth-order valence-electron chi connectivity index (χ4n) is 7.24. The normalized spacial score (nSPS) is 19.6. The third-order valence-corrected chi connectivity index (χ3v) is 10.9. The molecule has 0 aliphatic carbocycles. The van der Waals surface area contributed by atoms with Gasteiger partial charge in [0.15, 0.2) is 5.82 Å². The summed E-state index contributed by atoms with van der Waals surface area (Å²) in [7, 11) is 1.23. The molecule has 53 heavy (non-hydrogen) atoms. The number of urea groups is 1. The first-order valence-electron chi connectivity index (χ1n) is 17.6. The van der Waals surface area contributed by atoms with Crippen molar-refractivity contribution in [2.24, 2.45) is 0 Å². The van der Waals surface area contributed by atoms with Gasteiger partial charge in [0.2, 0.25) is 0 Å². The maximum atomic E-state index is 15.9. The number of anilines is 2. The average Bonchev–Trinajstić information content (AvgIpc) is 3.90. The van der Waals surface area contributed by atoms with Crippen LogP contribution in [0.3, 0.4) is 0 Å². The fraction of sp³-hybridized carbons (Fsp3) is 0.500. The van der Waals surface area contributed by atoms with Crippen molar-refractivity contribution in [3.8, 4) is 23.2 Å². The van der Waals surface area contributed by atoms with E-state index in [1.807, 2.05) is 9.80 Å². The van der Waals surface area contributed by atoms with Crippen LogP contribution in [-0.2, 0) is 6.18 Å². The smallest absolute Gasteiger partial charge is 0.417 e. The molecule has 0 saturated carbocycles. The van der Waals surface area contributed by atoms with Crippen LogP contribution in [0.2, 0.25) is 0 Å². The summed E-state index contributed by atoms with van der Waals surface area (Å²) in [5.41, 5.74) is 2.59. The Hall–Kier alpha value is -4.56. The zero-order valence-corrected chi connectivity index (χ0v) is 30.1. The number of aromatic nitrogens is 2. The monoisotopic (exact) mass is 762 g/mol. The third-order valence-electron chi connectivity index (χ3n) is 9.90. The van der Waals surface area contributed by atoms with Crippen LogP contribution in [0.15, 0.2) is 18.2 Å². The summed E-state index contributed by atoms with van der Waals surface area (Å²) in [5, 5.41) is 11.8. The number of nitrogens with one attached hydrogen (secondary N) is 1. The Morgan fingerprint density at radius 2 is 1.79 bits per heavy atom. The van der Waals surface area contributed by atoms with Gasteiger partial charge in [0.25, 0.3) is 0 Å². The lowest BCUT2D eigenvalue weighted by Gasteiger charge is -2.34. The lowest BCUT2D eigenvalue weighted by Crippen LogP contribution is -2.48. The van der Waals surface area contributed by atoms with Gasteiger partial charge in [0.05, 0.1) is 22.9 Å². The Kier molecular flexibility index (Phi) is 11.4. The molecule has 2 unspecified atom stereocenters. The summed E-state index contributed by atoms with van der Waals surface area (Å²) < 4.78 is 90.2. The van der Waals surface area contributed by atoms with E-state index in [9.17, 15) is 32.0 Å². The number of rotatable bonds is 4. The molecule has 2 atom stereocenters. The van der Waals surface area contributed by atoms with Gasteiger partial charge in [-0.1, -0.05) is 6.07 Å². The number of carbonyl (C=O) groups is 1. The maximum Gasteiger partial charge on any atom is 0.417 e. The van der Waals surface area contributed by atoms with Crippen molar-refractivity contribution in [3.05, 3.63) is 41.0 Å². The second-order valence-electron chi connectivity index (χ2n) is 13.3. The first kappa shape index (κ1) is 38.2. The molecule has 4 saturated heterocycles. The van der Waals surface area contributed by atoms with E-state index in [1.165, 1.54) is 39.2 Å². The topological polar surface area (TPSA) is 124 Å². The van der Waals surface area contributed by atoms with E-state index in [-0.39, 0.29) is 56.0 Å². The lowest BCUT2D eigenvalue weighted by atomic mass is 9.92. The number of halogens is 6. The maximum absolute atomic E-state index is 15.9. The predicted octanol–water partition coefficient (Wildman–Crippen LogP) is 7.80. The van der Waals surface area contributed by atoms with Gasteiger partial charge in [0, 0.05) is 61.6 Å². The highest BCUT2D eigenvalue weighted by Crippen LogP contribution is 2.47. The number of alkyl halides is 4.